The van der Waals surface area contributed by atoms with Gasteiger partial charge in [0.25, 0.3) is 0 Å². The number of amides is 1. The first-order chi connectivity index (χ1) is 9.95. The van der Waals surface area contributed by atoms with Crippen molar-refractivity contribution in [3.63, 3.8) is 0 Å². The first-order valence-corrected chi connectivity index (χ1v) is 6.92. The van der Waals surface area contributed by atoms with Crippen LogP contribution in [-0.2, 0) is 4.79 Å². The molecule has 0 heterocycles. The van der Waals surface area contributed by atoms with Gasteiger partial charge in [-0.05, 0) is 42.8 Å². The van der Waals surface area contributed by atoms with Crippen LogP contribution in [0.15, 0.2) is 42.5 Å². The molecule has 0 bridgehead atoms. The molecule has 1 amide bonds. The Kier molecular flexibility index (Phi) is 4.81. The fourth-order valence-electron chi connectivity index (χ4n) is 1.98. The maximum absolute atomic E-state index is 13.9. The molecule has 2 N–H and O–H groups in total. The molecule has 2 aromatic carbocycles. The van der Waals surface area contributed by atoms with Crippen molar-refractivity contribution in [1.29, 1.82) is 0 Å². The summed E-state index contributed by atoms with van der Waals surface area (Å²) in [6.07, 6.45) is 0. The average Bonchev–Trinajstić information content (AvgIpc) is 2.42. The van der Waals surface area contributed by atoms with Gasteiger partial charge in [0.15, 0.2) is 0 Å². The SMILES string of the molecule is CC(=O)Nc1ccc(F)c(NC(C)c2ccc(Cl)cc2)c1. The molecule has 3 nitrogen and oxygen atoms in total. The van der Waals surface area contributed by atoms with Gasteiger partial charge < -0.3 is 10.6 Å². The van der Waals surface area contributed by atoms with Crippen molar-refractivity contribution in [2.45, 2.75) is 19.9 Å². The lowest BCUT2D eigenvalue weighted by Crippen LogP contribution is -2.10. The minimum absolute atomic E-state index is 0.0932. The number of rotatable bonds is 4. The average molecular weight is 307 g/mol. The third kappa shape index (κ3) is 4.20. The number of anilines is 2. The summed E-state index contributed by atoms with van der Waals surface area (Å²) >= 11 is 5.85. The van der Waals surface area contributed by atoms with Crippen LogP contribution in [0.1, 0.15) is 25.5 Å². The molecule has 1 unspecified atom stereocenters. The number of hydrogen-bond donors (Lipinski definition) is 2. The summed E-state index contributed by atoms with van der Waals surface area (Å²) in [7, 11) is 0. The summed E-state index contributed by atoms with van der Waals surface area (Å²) in [5, 5.41) is 6.38. The number of benzene rings is 2. The Morgan fingerprint density at radius 2 is 1.86 bits per heavy atom. The highest BCUT2D eigenvalue weighted by Gasteiger charge is 2.10. The Hall–Kier alpha value is -2.07. The second-order valence-electron chi connectivity index (χ2n) is 4.79. The third-order valence-corrected chi connectivity index (χ3v) is 3.28. The number of carbonyl (C=O) groups is 1. The van der Waals surface area contributed by atoms with Gasteiger partial charge in [0.2, 0.25) is 5.91 Å². The molecular formula is C16H16ClFN2O. The van der Waals surface area contributed by atoms with Crippen molar-refractivity contribution in [3.8, 4) is 0 Å². The van der Waals surface area contributed by atoms with E-state index < -0.39 is 0 Å². The summed E-state index contributed by atoms with van der Waals surface area (Å²) in [6.45, 7) is 3.33. The van der Waals surface area contributed by atoms with E-state index in [2.05, 4.69) is 10.6 Å². The van der Waals surface area contributed by atoms with Crippen molar-refractivity contribution in [2.75, 3.05) is 10.6 Å². The van der Waals surface area contributed by atoms with Crippen LogP contribution >= 0.6 is 11.6 Å². The molecule has 0 aromatic heterocycles. The maximum atomic E-state index is 13.9. The first-order valence-electron chi connectivity index (χ1n) is 6.55. The van der Waals surface area contributed by atoms with Crippen LogP contribution < -0.4 is 10.6 Å². The Morgan fingerprint density at radius 1 is 1.19 bits per heavy atom. The van der Waals surface area contributed by atoms with E-state index in [1.807, 2.05) is 19.1 Å². The predicted molar refractivity (Wildman–Crippen MR) is 84.2 cm³/mol. The number of hydrogen-bond acceptors (Lipinski definition) is 2. The summed E-state index contributed by atoms with van der Waals surface area (Å²) in [6, 6.07) is 11.7. The largest absolute Gasteiger partial charge is 0.376 e. The van der Waals surface area contributed by atoms with E-state index in [4.69, 9.17) is 11.6 Å². The molecule has 0 fully saturated rings. The molecule has 0 aliphatic rings. The molecule has 2 rings (SSSR count). The number of halogens is 2. The normalized spacial score (nSPS) is 11.8. The molecule has 1 atom stereocenters. The van der Waals surface area contributed by atoms with Gasteiger partial charge in [-0.3, -0.25) is 4.79 Å². The van der Waals surface area contributed by atoms with Crippen LogP contribution in [0.25, 0.3) is 0 Å². The smallest absolute Gasteiger partial charge is 0.221 e. The third-order valence-electron chi connectivity index (χ3n) is 3.03. The van der Waals surface area contributed by atoms with Gasteiger partial charge in [0.05, 0.1) is 5.69 Å². The zero-order valence-electron chi connectivity index (χ0n) is 11.8. The van der Waals surface area contributed by atoms with Crippen LogP contribution in [0.5, 0.6) is 0 Å². The van der Waals surface area contributed by atoms with Crippen LogP contribution in [0.3, 0.4) is 0 Å². The van der Waals surface area contributed by atoms with Gasteiger partial charge in [0, 0.05) is 23.7 Å². The highest BCUT2D eigenvalue weighted by molar-refractivity contribution is 6.30. The Bertz CT molecular complexity index is 643. The number of nitrogens with one attached hydrogen (secondary N) is 2. The van der Waals surface area contributed by atoms with E-state index in [0.29, 0.717) is 16.4 Å². The molecule has 0 spiro atoms. The van der Waals surface area contributed by atoms with Gasteiger partial charge in [0.1, 0.15) is 5.82 Å². The molecule has 0 aliphatic carbocycles. The van der Waals surface area contributed by atoms with E-state index in [-0.39, 0.29) is 17.8 Å². The zero-order valence-corrected chi connectivity index (χ0v) is 12.5. The second kappa shape index (κ2) is 6.59. The fourth-order valence-corrected chi connectivity index (χ4v) is 2.11. The van der Waals surface area contributed by atoms with Gasteiger partial charge in [-0.1, -0.05) is 23.7 Å². The van der Waals surface area contributed by atoms with Crippen LogP contribution in [-0.4, -0.2) is 5.91 Å². The fraction of sp³-hybridized carbons (Fsp3) is 0.188. The van der Waals surface area contributed by atoms with E-state index in [9.17, 15) is 9.18 Å². The lowest BCUT2D eigenvalue weighted by Gasteiger charge is -2.17. The van der Waals surface area contributed by atoms with Crippen molar-refractivity contribution < 1.29 is 9.18 Å². The van der Waals surface area contributed by atoms with Gasteiger partial charge in [-0.25, -0.2) is 4.39 Å². The van der Waals surface area contributed by atoms with E-state index >= 15 is 0 Å². The van der Waals surface area contributed by atoms with Gasteiger partial charge >= 0.3 is 0 Å². The molecule has 0 aliphatic heterocycles. The molecule has 5 heteroatoms. The standard InChI is InChI=1S/C16H16ClFN2O/c1-10(12-3-5-13(17)6-4-12)19-16-9-14(20-11(2)21)7-8-15(16)18/h3-10,19H,1-2H3,(H,20,21). The van der Waals surface area contributed by atoms with Gasteiger partial charge in [-0.15, -0.1) is 0 Å². The van der Waals surface area contributed by atoms with E-state index in [0.717, 1.165) is 5.56 Å². The van der Waals surface area contributed by atoms with Crippen molar-refractivity contribution in [1.82, 2.24) is 0 Å². The molecule has 2 aromatic rings. The van der Waals surface area contributed by atoms with Gasteiger partial charge in [-0.2, -0.15) is 0 Å². The summed E-state index contributed by atoms with van der Waals surface area (Å²) in [5.41, 5.74) is 1.88. The van der Waals surface area contributed by atoms with E-state index in [1.54, 1.807) is 18.2 Å². The summed E-state index contributed by atoms with van der Waals surface area (Å²) in [4.78, 5) is 11.0. The monoisotopic (exact) mass is 306 g/mol. The Morgan fingerprint density at radius 3 is 2.48 bits per heavy atom. The van der Waals surface area contributed by atoms with Crippen LogP contribution in [0.2, 0.25) is 5.02 Å². The minimum Gasteiger partial charge on any atom is -0.376 e. The Labute approximate surface area is 128 Å². The highest BCUT2D eigenvalue weighted by Crippen LogP contribution is 2.25. The summed E-state index contributed by atoms with van der Waals surface area (Å²) in [5.74, 6) is -0.566. The topological polar surface area (TPSA) is 41.1 Å². The minimum atomic E-state index is -0.370. The van der Waals surface area contributed by atoms with Crippen LogP contribution in [0, 0.1) is 5.82 Å². The molecule has 0 saturated heterocycles. The highest BCUT2D eigenvalue weighted by atomic mass is 35.5. The number of carbonyl (C=O) groups excluding carboxylic acids is 1. The molecule has 21 heavy (non-hydrogen) atoms. The molecular weight excluding hydrogens is 291 g/mol. The lowest BCUT2D eigenvalue weighted by atomic mass is 10.1. The molecule has 0 saturated carbocycles. The maximum Gasteiger partial charge on any atom is 0.221 e. The Balaban J connectivity index is 2.17. The zero-order chi connectivity index (χ0) is 15.4. The summed E-state index contributed by atoms with van der Waals surface area (Å²) < 4.78 is 13.9. The quantitative estimate of drug-likeness (QED) is 0.866. The predicted octanol–water partition coefficient (Wildman–Crippen LogP) is 4.61. The van der Waals surface area contributed by atoms with Crippen molar-refractivity contribution in [3.05, 3.63) is 58.9 Å². The molecule has 110 valence electrons. The van der Waals surface area contributed by atoms with Crippen molar-refractivity contribution >= 4 is 28.9 Å². The second-order valence-corrected chi connectivity index (χ2v) is 5.23. The van der Waals surface area contributed by atoms with Crippen molar-refractivity contribution in [2.24, 2.45) is 0 Å². The van der Waals surface area contributed by atoms with E-state index in [1.165, 1.54) is 19.1 Å². The first kappa shape index (κ1) is 15.3. The lowest BCUT2D eigenvalue weighted by molar-refractivity contribution is -0.114. The molecule has 0 radical (unpaired) electrons. The van der Waals surface area contributed by atoms with Crippen LogP contribution in [0.4, 0.5) is 15.8 Å².